The van der Waals surface area contributed by atoms with E-state index < -0.39 is 4.92 Å². The zero-order chi connectivity index (χ0) is 17.6. The Hall–Kier alpha value is -3.52. The number of rotatable bonds is 6. The van der Waals surface area contributed by atoms with E-state index in [2.05, 4.69) is 11.2 Å². The smallest absolute Gasteiger partial charge is 0.271 e. The predicted molar refractivity (Wildman–Crippen MR) is 98.7 cm³/mol. The monoisotopic (exact) mass is 332 g/mol. The average molecular weight is 332 g/mol. The fraction of sp³-hybridized carbons (Fsp3) is 0.100. The van der Waals surface area contributed by atoms with Crippen molar-refractivity contribution in [3.8, 4) is 18.1 Å². The first-order chi connectivity index (χ1) is 12.2. The van der Waals surface area contributed by atoms with Crippen molar-refractivity contribution in [2.24, 2.45) is 0 Å². The number of nitro groups is 1. The molecule has 0 amide bonds. The molecule has 3 rings (SSSR count). The Labute approximate surface area is 145 Å². The predicted octanol–water partition coefficient (Wildman–Crippen LogP) is 4.37. The number of nitrogens with one attached hydrogen (secondary N) is 1. The molecule has 0 bridgehead atoms. The van der Waals surface area contributed by atoms with E-state index in [4.69, 9.17) is 11.2 Å². The number of non-ortho nitro benzene ring substituents is 1. The van der Waals surface area contributed by atoms with Gasteiger partial charge in [-0.3, -0.25) is 10.1 Å². The lowest BCUT2D eigenvalue weighted by atomic mass is 10.0. The van der Waals surface area contributed by atoms with Gasteiger partial charge in [0.25, 0.3) is 5.69 Å². The second-order valence-electron chi connectivity index (χ2n) is 5.42. The van der Waals surface area contributed by atoms with Crippen LogP contribution in [0, 0.1) is 22.5 Å². The minimum Gasteiger partial charge on any atom is -0.481 e. The first-order valence-electron chi connectivity index (χ1n) is 7.74. The average Bonchev–Trinajstić information content (AvgIpc) is 2.65. The van der Waals surface area contributed by atoms with E-state index in [9.17, 15) is 10.1 Å². The molecule has 0 saturated carbocycles. The molecule has 0 atom stereocenters. The lowest BCUT2D eigenvalue weighted by Gasteiger charge is -2.14. The van der Waals surface area contributed by atoms with Crippen molar-refractivity contribution in [3.05, 3.63) is 76.3 Å². The molecule has 0 spiro atoms. The quantitative estimate of drug-likeness (QED) is 0.413. The lowest BCUT2D eigenvalue weighted by Crippen LogP contribution is -2.05. The summed E-state index contributed by atoms with van der Waals surface area (Å²) in [5.74, 6) is 3.17. The lowest BCUT2D eigenvalue weighted by molar-refractivity contribution is -0.384. The maximum atomic E-state index is 10.9. The number of hydrogen-bond acceptors (Lipinski definition) is 4. The van der Waals surface area contributed by atoms with Crippen molar-refractivity contribution >= 4 is 22.1 Å². The topological polar surface area (TPSA) is 64.4 Å². The largest absolute Gasteiger partial charge is 0.481 e. The van der Waals surface area contributed by atoms with Gasteiger partial charge in [0.15, 0.2) is 0 Å². The summed E-state index contributed by atoms with van der Waals surface area (Å²) in [6.45, 7) is 0.643. The van der Waals surface area contributed by atoms with Gasteiger partial charge in [0.05, 0.1) is 4.92 Å². The fourth-order valence-corrected chi connectivity index (χ4v) is 2.67. The molecule has 25 heavy (non-hydrogen) atoms. The molecule has 0 radical (unpaired) electrons. The van der Waals surface area contributed by atoms with Crippen molar-refractivity contribution in [1.82, 2.24) is 0 Å². The first-order valence-corrected chi connectivity index (χ1v) is 7.74. The van der Waals surface area contributed by atoms with E-state index in [1.54, 1.807) is 12.1 Å². The first kappa shape index (κ1) is 16.3. The third-order valence-electron chi connectivity index (χ3n) is 3.83. The number of hydrogen-bond donors (Lipinski definition) is 1. The molecule has 0 aliphatic carbocycles. The highest BCUT2D eigenvalue weighted by atomic mass is 16.6. The Balaban J connectivity index is 1.92. The molecule has 0 fully saturated rings. The Morgan fingerprint density at radius 1 is 1.12 bits per heavy atom. The van der Waals surface area contributed by atoms with Crippen LogP contribution in [0.3, 0.4) is 0 Å². The SMILES string of the molecule is C#CCOc1ccc2ccccc2c1CNc1cccc([N+](=O)[O-])c1. The summed E-state index contributed by atoms with van der Waals surface area (Å²) in [4.78, 5) is 10.5. The second-order valence-corrected chi connectivity index (χ2v) is 5.42. The van der Waals surface area contributed by atoms with Crippen LogP contribution in [0.1, 0.15) is 5.56 Å². The summed E-state index contributed by atoms with van der Waals surface area (Å²) >= 11 is 0. The number of anilines is 1. The zero-order valence-electron chi connectivity index (χ0n) is 13.4. The van der Waals surface area contributed by atoms with Crippen LogP contribution in [0.5, 0.6) is 5.75 Å². The molecule has 3 aromatic rings. The highest BCUT2D eigenvalue weighted by Gasteiger charge is 2.10. The number of benzene rings is 3. The zero-order valence-corrected chi connectivity index (χ0v) is 13.4. The van der Waals surface area contributed by atoms with E-state index in [-0.39, 0.29) is 12.3 Å². The number of nitro benzene ring substituents is 1. The number of terminal acetylenes is 1. The van der Waals surface area contributed by atoms with E-state index in [1.165, 1.54) is 12.1 Å². The van der Waals surface area contributed by atoms with Gasteiger partial charge >= 0.3 is 0 Å². The number of fused-ring (bicyclic) bond motifs is 1. The van der Waals surface area contributed by atoms with Crippen LogP contribution in [-0.2, 0) is 6.54 Å². The van der Waals surface area contributed by atoms with Gasteiger partial charge < -0.3 is 10.1 Å². The normalized spacial score (nSPS) is 10.2. The molecule has 3 aromatic carbocycles. The fourth-order valence-electron chi connectivity index (χ4n) is 2.67. The summed E-state index contributed by atoms with van der Waals surface area (Å²) in [5.41, 5.74) is 1.68. The highest BCUT2D eigenvalue weighted by Crippen LogP contribution is 2.29. The molecular weight excluding hydrogens is 316 g/mol. The van der Waals surface area contributed by atoms with Crippen LogP contribution in [0.15, 0.2) is 60.7 Å². The van der Waals surface area contributed by atoms with Gasteiger partial charge in [-0.15, -0.1) is 6.42 Å². The Morgan fingerprint density at radius 3 is 2.76 bits per heavy atom. The van der Waals surface area contributed by atoms with E-state index >= 15 is 0 Å². The molecule has 1 N–H and O–H groups in total. The Morgan fingerprint density at radius 2 is 1.96 bits per heavy atom. The maximum absolute atomic E-state index is 10.9. The van der Waals surface area contributed by atoms with Crippen LogP contribution in [0.25, 0.3) is 10.8 Å². The molecular formula is C20H16N2O3. The molecule has 0 aromatic heterocycles. The van der Waals surface area contributed by atoms with Crippen LogP contribution in [-0.4, -0.2) is 11.5 Å². The molecule has 0 aliphatic heterocycles. The highest BCUT2D eigenvalue weighted by molar-refractivity contribution is 5.88. The summed E-state index contributed by atoms with van der Waals surface area (Å²) in [5, 5.41) is 16.3. The van der Waals surface area contributed by atoms with Crippen LogP contribution in [0.4, 0.5) is 11.4 Å². The number of nitrogens with zero attached hydrogens (tertiary/aromatic N) is 1. The van der Waals surface area contributed by atoms with Crippen molar-refractivity contribution < 1.29 is 9.66 Å². The molecule has 0 heterocycles. The van der Waals surface area contributed by atoms with Gasteiger partial charge in [-0.25, -0.2) is 0 Å². The van der Waals surface area contributed by atoms with Crippen molar-refractivity contribution in [2.45, 2.75) is 6.54 Å². The molecule has 0 aliphatic rings. The summed E-state index contributed by atoms with van der Waals surface area (Å²) in [6, 6.07) is 18.3. The van der Waals surface area contributed by atoms with Gasteiger partial charge in [0.2, 0.25) is 0 Å². The van der Waals surface area contributed by atoms with E-state index in [1.807, 2.05) is 36.4 Å². The van der Waals surface area contributed by atoms with Crippen molar-refractivity contribution in [3.63, 3.8) is 0 Å². The molecule has 5 heteroatoms. The summed E-state index contributed by atoms with van der Waals surface area (Å²) < 4.78 is 5.66. The van der Waals surface area contributed by atoms with Crippen molar-refractivity contribution in [1.29, 1.82) is 0 Å². The minimum absolute atomic E-state index is 0.0479. The summed E-state index contributed by atoms with van der Waals surface area (Å²) in [7, 11) is 0. The molecule has 0 unspecified atom stereocenters. The van der Waals surface area contributed by atoms with Crippen LogP contribution in [0.2, 0.25) is 0 Å². The van der Waals surface area contributed by atoms with E-state index in [0.717, 1.165) is 16.3 Å². The van der Waals surface area contributed by atoms with Crippen LogP contribution >= 0.6 is 0 Å². The van der Waals surface area contributed by atoms with Gasteiger partial charge in [0, 0.05) is 29.9 Å². The second kappa shape index (κ2) is 7.37. The van der Waals surface area contributed by atoms with Gasteiger partial charge in [-0.2, -0.15) is 0 Å². The Kier molecular flexibility index (Phi) is 4.82. The molecule has 5 nitrogen and oxygen atoms in total. The van der Waals surface area contributed by atoms with E-state index in [0.29, 0.717) is 18.0 Å². The van der Waals surface area contributed by atoms with Gasteiger partial charge in [-0.1, -0.05) is 42.3 Å². The third-order valence-corrected chi connectivity index (χ3v) is 3.83. The van der Waals surface area contributed by atoms with Gasteiger partial charge in [0.1, 0.15) is 12.4 Å². The maximum Gasteiger partial charge on any atom is 0.271 e. The molecule has 0 saturated heterocycles. The summed E-state index contributed by atoms with van der Waals surface area (Å²) in [6.07, 6.45) is 5.29. The standard InChI is InChI=1S/C20H16N2O3/c1-2-12-25-20-11-10-15-6-3-4-9-18(15)19(20)14-21-16-7-5-8-17(13-16)22(23)24/h1,3-11,13,21H,12,14H2. The minimum atomic E-state index is -0.412. The third kappa shape index (κ3) is 3.70. The van der Waals surface area contributed by atoms with Gasteiger partial charge in [-0.05, 0) is 22.9 Å². The molecule has 124 valence electrons. The van der Waals surface area contributed by atoms with Crippen molar-refractivity contribution in [2.75, 3.05) is 11.9 Å². The number of ether oxygens (including phenoxy) is 1. The Bertz CT molecular complexity index is 961. The van der Waals surface area contributed by atoms with Crippen LogP contribution < -0.4 is 10.1 Å².